The molecule has 0 saturated heterocycles. The number of likely N-dealkylation sites (N-methyl/N-ethyl adjacent to an activating group) is 2. The summed E-state index contributed by atoms with van der Waals surface area (Å²) < 4.78 is 19.3. The topological polar surface area (TPSA) is 243 Å². The highest BCUT2D eigenvalue weighted by molar-refractivity contribution is 7.98. The van der Waals surface area contributed by atoms with Crippen LogP contribution < -0.4 is 31.3 Å². The molecule has 6 rings (SSSR count). The number of hydrogen-bond donors (Lipinski definition) is 6. The van der Waals surface area contributed by atoms with Crippen LogP contribution in [0.2, 0.25) is 0 Å². The van der Waals surface area contributed by atoms with Crippen molar-refractivity contribution in [2.45, 2.75) is 182 Å². The summed E-state index contributed by atoms with van der Waals surface area (Å²) in [7, 11) is 3.12. The zero-order chi connectivity index (χ0) is 70.0. The highest BCUT2D eigenvalue weighted by Crippen LogP contribution is 2.44. The SMILES string of the molecule is C/C(=C\CN(C)C(=O)C(NC(=O)C(N(C)C(=O)OC(C)(C)C)C(C)(C)c1ccccc1)C(C)(C)C)C(=O)NSc1ccc(CNC(=O)CNC(=O)C(Cc2ccccc2)NC(=O)OCC2c3ccccc3-c3ccccc32)cc1.CCC.CCCCNC(=O)OC(C)(C)C. The van der Waals surface area contributed by atoms with Gasteiger partial charge in [-0.3, -0.25) is 33.6 Å². The molecule has 20 heteroatoms. The number of carbonyl (C=O) groups is 8. The second kappa shape index (κ2) is 36.7. The van der Waals surface area contributed by atoms with Crippen molar-refractivity contribution in [3.63, 3.8) is 0 Å². The smallest absolute Gasteiger partial charge is 0.410 e. The van der Waals surface area contributed by atoms with Gasteiger partial charge in [-0.15, -0.1) is 0 Å². The molecule has 0 saturated carbocycles. The predicted molar refractivity (Wildman–Crippen MR) is 373 cm³/mol. The van der Waals surface area contributed by atoms with Crippen LogP contribution in [0.25, 0.3) is 11.1 Å². The van der Waals surface area contributed by atoms with E-state index in [0.29, 0.717) is 12.1 Å². The molecule has 5 aromatic carbocycles. The summed E-state index contributed by atoms with van der Waals surface area (Å²) in [5, 5.41) is 13.8. The van der Waals surface area contributed by atoms with E-state index in [2.05, 4.69) is 64.2 Å². The van der Waals surface area contributed by atoms with E-state index in [1.54, 1.807) is 65.1 Å². The molecule has 0 bridgehead atoms. The van der Waals surface area contributed by atoms with Gasteiger partial charge in [-0.25, -0.2) is 14.4 Å². The summed E-state index contributed by atoms with van der Waals surface area (Å²) >= 11 is 1.10. The van der Waals surface area contributed by atoms with Crippen LogP contribution in [0.5, 0.6) is 0 Å². The van der Waals surface area contributed by atoms with Gasteiger partial charge in [0.15, 0.2) is 0 Å². The molecular weight excluding hydrogens is 1210 g/mol. The summed E-state index contributed by atoms with van der Waals surface area (Å²) in [5.74, 6) is -2.42. The standard InChI is InChI=1S/C62H75N7O9S.C9H19NO2.C3H8/c1-40(34-35-68(10)57(74)52(60(2,3)4)66-56(73)53(69(11)59(76)78-61(5,6)7)62(8,9)43-24-16-13-17-25-43)54(71)67-79-44-32-30-42(31-33-44)37-63-51(70)38-64-55(72)50(36-41-22-14-12-15-23-41)65-58(75)77-39-49-47-28-20-18-26-45(47)46-27-19-21-29-48(46)49;1-5-6-7-10-8(11)12-9(2,3)4;1-3-2/h12-34,49-50,52-53H,35-39H2,1-11H3,(H,63,70)(H,64,72)(H,65,75)(H,66,73)(H,67,71);5-7H2,1-4H3,(H,10,11);3H2,1-2H3/b40-34+;;. The largest absolute Gasteiger partial charge is 0.449 e. The van der Waals surface area contributed by atoms with Crippen LogP contribution in [0.4, 0.5) is 14.4 Å². The zero-order valence-corrected chi connectivity index (χ0v) is 59.1. The van der Waals surface area contributed by atoms with E-state index in [-0.39, 0.29) is 56.5 Å². The molecule has 19 nitrogen and oxygen atoms in total. The molecule has 94 heavy (non-hydrogen) atoms. The van der Waals surface area contributed by atoms with E-state index in [9.17, 15) is 38.4 Å². The third-order valence-corrected chi connectivity index (χ3v) is 15.7. The summed E-state index contributed by atoms with van der Waals surface area (Å²) in [5.41, 5.74) is 4.23. The molecular formula is C74H102N8O11S. The number of nitrogens with zero attached hydrogens (tertiary/aromatic N) is 2. The van der Waals surface area contributed by atoms with Gasteiger partial charge in [0.05, 0.1) is 6.54 Å². The minimum absolute atomic E-state index is 0.0680. The molecule has 0 radical (unpaired) electrons. The van der Waals surface area contributed by atoms with Crippen molar-refractivity contribution in [3.8, 4) is 11.1 Å². The first-order valence-electron chi connectivity index (χ1n) is 32.2. The predicted octanol–water partition coefficient (Wildman–Crippen LogP) is 12.6. The minimum Gasteiger partial charge on any atom is -0.449 e. The number of hydrogen-bond acceptors (Lipinski definition) is 12. The molecule has 1 aliphatic carbocycles. The van der Waals surface area contributed by atoms with Crippen molar-refractivity contribution in [1.82, 2.24) is 41.1 Å². The molecule has 5 aromatic rings. The van der Waals surface area contributed by atoms with E-state index >= 15 is 0 Å². The monoisotopic (exact) mass is 1310 g/mol. The number of carbonyl (C=O) groups excluding carboxylic acids is 8. The Hall–Kier alpha value is -8.65. The lowest BCUT2D eigenvalue weighted by Crippen LogP contribution is -2.62. The maximum atomic E-state index is 14.5. The molecule has 510 valence electrons. The third-order valence-electron chi connectivity index (χ3n) is 14.9. The van der Waals surface area contributed by atoms with Crippen molar-refractivity contribution in [3.05, 3.63) is 173 Å². The van der Waals surface area contributed by atoms with Gasteiger partial charge in [0.1, 0.15) is 35.9 Å². The highest BCUT2D eigenvalue weighted by atomic mass is 32.2. The first kappa shape index (κ1) is 77.8. The third kappa shape index (κ3) is 25.3. The van der Waals surface area contributed by atoms with Gasteiger partial charge in [0, 0.05) is 62.0 Å². The van der Waals surface area contributed by atoms with Crippen LogP contribution in [-0.4, -0.2) is 127 Å². The molecule has 0 aliphatic heterocycles. The number of fused-ring (bicyclic) bond motifs is 3. The number of nitrogens with one attached hydrogen (secondary N) is 6. The van der Waals surface area contributed by atoms with Gasteiger partial charge < -0.3 is 45.7 Å². The zero-order valence-electron chi connectivity index (χ0n) is 58.2. The second-order valence-corrected chi connectivity index (χ2v) is 27.7. The summed E-state index contributed by atoms with van der Waals surface area (Å²) in [6.45, 7) is 28.7. The van der Waals surface area contributed by atoms with Crippen molar-refractivity contribution in [2.75, 3.05) is 40.3 Å². The number of benzene rings is 5. The Morgan fingerprint density at radius 3 is 1.70 bits per heavy atom. The summed E-state index contributed by atoms with van der Waals surface area (Å²) in [6, 6.07) is 38.8. The van der Waals surface area contributed by atoms with Gasteiger partial charge in [0.25, 0.3) is 5.91 Å². The average Bonchev–Trinajstić information content (AvgIpc) is 1.49. The van der Waals surface area contributed by atoms with Crippen molar-refractivity contribution < 1.29 is 52.6 Å². The van der Waals surface area contributed by atoms with Gasteiger partial charge in [-0.1, -0.05) is 196 Å². The molecule has 0 fully saturated rings. The van der Waals surface area contributed by atoms with Crippen molar-refractivity contribution in [2.24, 2.45) is 5.41 Å². The van der Waals surface area contributed by atoms with Crippen LogP contribution in [0.3, 0.4) is 0 Å². The van der Waals surface area contributed by atoms with E-state index in [0.717, 1.165) is 68.6 Å². The molecule has 3 atom stereocenters. The lowest BCUT2D eigenvalue weighted by molar-refractivity contribution is -0.140. The highest BCUT2D eigenvalue weighted by Gasteiger charge is 2.45. The Bertz CT molecular complexity index is 3270. The molecule has 0 heterocycles. The molecule has 6 N–H and O–H groups in total. The van der Waals surface area contributed by atoms with Crippen LogP contribution >= 0.6 is 11.9 Å². The molecule has 8 amide bonds. The van der Waals surface area contributed by atoms with Crippen LogP contribution in [-0.2, 0) is 56.6 Å². The minimum atomic E-state index is -1.07. The fraction of sp³-hybridized carbons (Fsp3) is 0.459. The second-order valence-electron chi connectivity index (χ2n) is 26.9. The molecule has 0 spiro atoms. The van der Waals surface area contributed by atoms with Gasteiger partial charge in [-0.05, 0) is 123 Å². The van der Waals surface area contributed by atoms with E-state index in [1.165, 1.54) is 23.3 Å². The molecule has 3 unspecified atom stereocenters. The summed E-state index contributed by atoms with van der Waals surface area (Å²) in [6.07, 6.45) is 3.38. The Morgan fingerprint density at radius 1 is 0.617 bits per heavy atom. The Morgan fingerprint density at radius 2 is 1.16 bits per heavy atom. The Labute approximate surface area is 562 Å². The van der Waals surface area contributed by atoms with Gasteiger partial charge in [0.2, 0.25) is 23.6 Å². The lowest BCUT2D eigenvalue weighted by atomic mass is 9.76. The van der Waals surface area contributed by atoms with E-state index < -0.39 is 70.1 Å². The maximum Gasteiger partial charge on any atom is 0.410 e. The number of rotatable bonds is 24. The summed E-state index contributed by atoms with van der Waals surface area (Å²) in [4.78, 5) is 109. The van der Waals surface area contributed by atoms with Crippen LogP contribution in [0, 0.1) is 5.41 Å². The Kier molecular flexibility index (Phi) is 30.4. The van der Waals surface area contributed by atoms with E-state index in [4.69, 9.17) is 14.2 Å². The number of ether oxygens (including phenoxy) is 3. The number of amides is 8. The van der Waals surface area contributed by atoms with Gasteiger partial charge in [-0.2, -0.15) is 0 Å². The van der Waals surface area contributed by atoms with E-state index in [1.807, 2.05) is 152 Å². The lowest BCUT2D eigenvalue weighted by Gasteiger charge is -2.42. The maximum absolute atomic E-state index is 14.5. The van der Waals surface area contributed by atoms with Crippen molar-refractivity contribution in [1.29, 1.82) is 0 Å². The average molecular weight is 1310 g/mol. The molecule has 1 aliphatic rings. The fourth-order valence-electron chi connectivity index (χ4n) is 9.94. The van der Waals surface area contributed by atoms with Crippen molar-refractivity contribution >= 4 is 59.8 Å². The Balaban J connectivity index is 0.00000112. The first-order valence-corrected chi connectivity index (χ1v) is 33.0. The number of alkyl carbamates (subject to hydrolysis) is 2. The number of unbranched alkanes of at least 4 members (excludes halogenated alkanes) is 1. The fourth-order valence-corrected chi connectivity index (χ4v) is 10.6. The van der Waals surface area contributed by atoms with Crippen LogP contribution in [0.1, 0.15) is 157 Å². The quantitative estimate of drug-likeness (QED) is 0.0146. The first-order chi connectivity index (χ1) is 44.2. The van der Waals surface area contributed by atoms with Crippen LogP contribution in [0.15, 0.2) is 150 Å². The molecule has 0 aromatic heterocycles. The van der Waals surface area contributed by atoms with Gasteiger partial charge >= 0.3 is 18.3 Å². The normalized spacial score (nSPS) is 13.0.